The Bertz CT molecular complexity index is 155. The van der Waals surface area contributed by atoms with E-state index in [1.807, 2.05) is 0 Å². The van der Waals surface area contributed by atoms with Crippen LogP contribution in [0.1, 0.15) is 0 Å². The molecule has 13 heteroatoms. The summed E-state index contributed by atoms with van der Waals surface area (Å²) in [6, 6.07) is 0. The minimum absolute atomic E-state index is 0. The van der Waals surface area contributed by atoms with Crippen LogP contribution in [0.2, 0.25) is 0 Å². The van der Waals surface area contributed by atoms with Crippen molar-refractivity contribution in [3.63, 3.8) is 0 Å². The molecule has 3 nitrogen and oxygen atoms in total. The second kappa shape index (κ2) is 14.6. The number of rotatable bonds is 0. The van der Waals surface area contributed by atoms with Crippen LogP contribution in [0.3, 0.4) is 0 Å². The van der Waals surface area contributed by atoms with Crippen LogP contribution in [0, 0.1) is 0 Å². The van der Waals surface area contributed by atoms with Crippen LogP contribution in [0.15, 0.2) is 0 Å². The maximum absolute atomic E-state index is 8.01. The van der Waals surface area contributed by atoms with E-state index in [1.165, 1.54) is 0 Å². The van der Waals surface area contributed by atoms with Gasteiger partial charge >= 0.3 is 0 Å². The van der Waals surface area contributed by atoms with E-state index in [9.17, 15) is 0 Å². The molecule has 0 aliphatic heterocycles. The predicted molar refractivity (Wildman–Crippen MR) is 82.1 cm³/mol. The van der Waals surface area contributed by atoms with Crippen LogP contribution < -0.4 is 0 Å². The van der Waals surface area contributed by atoms with E-state index in [-0.39, 0.29) is 17.1 Å². The van der Waals surface area contributed by atoms with Gasteiger partial charge in [-0.05, 0) is 0 Å². The summed E-state index contributed by atoms with van der Waals surface area (Å²) in [7, 11) is 0. The third-order valence-electron chi connectivity index (χ3n) is 0.538. The Morgan fingerprint density at radius 2 is 0.526 bits per heavy atom. The SMILES string of the molecule is OCC(Cl)(Cl)Cl.OCC(Cl)(Cl)Cl.OCC(Cl)(Cl)Cl.[Fe]. The van der Waals surface area contributed by atoms with E-state index >= 15 is 0 Å². The Hall–Kier alpha value is 3.01. The Morgan fingerprint density at radius 1 is 0.474 bits per heavy atom. The number of aliphatic hydroxyl groups is 3. The number of aliphatic hydroxyl groups excluding tert-OH is 3. The van der Waals surface area contributed by atoms with E-state index < -0.39 is 31.2 Å². The Balaban J connectivity index is -0.0000000865. The van der Waals surface area contributed by atoms with Crippen molar-refractivity contribution in [3.8, 4) is 0 Å². The standard InChI is InChI=1S/3C2H3Cl3O.Fe/c3*3-2(4,5)1-6;/h3*6H,1H2;. The minimum atomic E-state index is -1.49. The van der Waals surface area contributed by atoms with E-state index in [0.717, 1.165) is 0 Å². The normalized spacial score (nSPS) is 11.4. The van der Waals surface area contributed by atoms with Gasteiger partial charge in [-0.3, -0.25) is 0 Å². The van der Waals surface area contributed by atoms with Gasteiger partial charge < -0.3 is 15.3 Å². The first-order chi connectivity index (χ1) is 7.68. The number of hydrogen-bond donors (Lipinski definition) is 3. The molecule has 3 N–H and O–H groups in total. The van der Waals surface area contributed by atoms with Gasteiger partial charge in [-0.2, -0.15) is 0 Å². The minimum Gasteiger partial charge on any atom is -0.392 e. The molecule has 0 atom stereocenters. The average molecular weight is 504 g/mol. The van der Waals surface area contributed by atoms with Gasteiger partial charge in [0.2, 0.25) is 11.4 Å². The van der Waals surface area contributed by atoms with Crippen LogP contribution in [0.4, 0.5) is 0 Å². The summed E-state index contributed by atoms with van der Waals surface area (Å²) in [5.41, 5.74) is 0. The molecule has 0 aliphatic rings. The third kappa shape index (κ3) is 52.6. The molecule has 0 fully saturated rings. The maximum atomic E-state index is 8.01. The molecule has 0 aromatic rings. The zero-order valence-corrected chi connectivity index (χ0v) is 16.6. The van der Waals surface area contributed by atoms with Crippen molar-refractivity contribution in [1.82, 2.24) is 0 Å². The third-order valence-corrected chi connectivity index (χ3v) is 1.61. The molecule has 0 bridgehead atoms. The zero-order valence-electron chi connectivity index (χ0n) is 8.72. The summed E-state index contributed by atoms with van der Waals surface area (Å²) in [6.45, 7) is -1.30. The van der Waals surface area contributed by atoms with Gasteiger partial charge in [0.15, 0.2) is 0 Å². The molecule has 19 heavy (non-hydrogen) atoms. The molecule has 0 heterocycles. The van der Waals surface area contributed by atoms with Gasteiger partial charge in [0.25, 0.3) is 0 Å². The molecular weight excluding hydrogens is 495 g/mol. The monoisotopic (exact) mass is 500 g/mol. The van der Waals surface area contributed by atoms with Crippen LogP contribution in [-0.2, 0) is 17.1 Å². The fourth-order valence-electron chi connectivity index (χ4n) is 0. The Labute approximate surface area is 166 Å². The topological polar surface area (TPSA) is 60.7 Å². The van der Waals surface area contributed by atoms with Crippen molar-refractivity contribution in [2.45, 2.75) is 11.4 Å². The molecule has 0 radical (unpaired) electrons. The van der Waals surface area contributed by atoms with Crippen molar-refractivity contribution in [2.24, 2.45) is 0 Å². The molecule has 0 aliphatic carbocycles. The average Bonchev–Trinajstić information content (AvgIpc) is 2.16. The second-order valence-electron chi connectivity index (χ2n) is 2.32. The number of halogens is 9. The first-order valence-corrected chi connectivity index (χ1v) is 7.11. The van der Waals surface area contributed by atoms with Crippen molar-refractivity contribution < 1.29 is 32.4 Å². The Morgan fingerprint density at radius 3 is 0.526 bits per heavy atom. The van der Waals surface area contributed by atoms with Gasteiger partial charge in [-0.1, -0.05) is 104 Å². The van der Waals surface area contributed by atoms with Crippen molar-refractivity contribution >= 4 is 104 Å². The van der Waals surface area contributed by atoms with Crippen molar-refractivity contribution in [3.05, 3.63) is 0 Å². The van der Waals surface area contributed by atoms with Crippen LogP contribution in [0.25, 0.3) is 0 Å². The number of hydrogen-bond acceptors (Lipinski definition) is 3. The second-order valence-corrected chi connectivity index (χ2v) is 9.87. The summed E-state index contributed by atoms with van der Waals surface area (Å²) in [6.07, 6.45) is 0. The van der Waals surface area contributed by atoms with E-state index in [2.05, 4.69) is 0 Å². The van der Waals surface area contributed by atoms with Gasteiger partial charge in [0.1, 0.15) is 0 Å². The molecule has 122 valence electrons. The Kier molecular flexibility index (Phi) is 23.0. The zero-order chi connectivity index (χ0) is 15.6. The molecule has 0 saturated heterocycles. The quantitative estimate of drug-likeness (QED) is 0.345. The molecule has 0 aromatic carbocycles. The van der Waals surface area contributed by atoms with Crippen molar-refractivity contribution in [1.29, 1.82) is 0 Å². The largest absolute Gasteiger partial charge is 0.392 e. The summed E-state index contributed by atoms with van der Waals surface area (Å²) in [4.78, 5) is 0. The fourth-order valence-corrected chi connectivity index (χ4v) is 0. The molecule has 0 unspecified atom stereocenters. The smallest absolute Gasteiger partial charge is 0.213 e. The van der Waals surface area contributed by atoms with E-state index in [0.29, 0.717) is 0 Å². The van der Waals surface area contributed by atoms with E-state index in [1.54, 1.807) is 0 Å². The predicted octanol–water partition coefficient (Wildman–Crippen LogP) is 4.04. The molecule has 0 spiro atoms. The van der Waals surface area contributed by atoms with Gasteiger partial charge in [0.05, 0.1) is 19.8 Å². The van der Waals surface area contributed by atoms with Gasteiger partial charge in [-0.15, -0.1) is 0 Å². The molecule has 0 rings (SSSR count). The maximum Gasteiger partial charge on any atom is 0.213 e. The summed E-state index contributed by atoms with van der Waals surface area (Å²) < 4.78 is -4.46. The fraction of sp³-hybridized carbons (Fsp3) is 1.00. The number of alkyl halides is 9. The first kappa shape index (κ1) is 30.0. The molecular formula is C6H9Cl9FeO3. The van der Waals surface area contributed by atoms with Crippen LogP contribution >= 0.6 is 104 Å². The van der Waals surface area contributed by atoms with Gasteiger partial charge in [0, 0.05) is 17.1 Å². The van der Waals surface area contributed by atoms with Crippen molar-refractivity contribution in [2.75, 3.05) is 19.8 Å². The van der Waals surface area contributed by atoms with E-state index in [4.69, 9.17) is 120 Å². The molecule has 0 saturated carbocycles. The van der Waals surface area contributed by atoms with Crippen LogP contribution in [0.5, 0.6) is 0 Å². The first-order valence-electron chi connectivity index (χ1n) is 3.71. The molecule has 0 amide bonds. The van der Waals surface area contributed by atoms with Gasteiger partial charge in [-0.25, -0.2) is 0 Å². The summed E-state index contributed by atoms with van der Waals surface area (Å²) >= 11 is 45.0. The summed E-state index contributed by atoms with van der Waals surface area (Å²) in [5.74, 6) is 0. The summed E-state index contributed by atoms with van der Waals surface area (Å²) in [5, 5.41) is 24.0. The molecule has 0 aromatic heterocycles. The van der Waals surface area contributed by atoms with Crippen LogP contribution in [-0.4, -0.2) is 46.5 Å².